The molecule has 30 heavy (non-hydrogen) atoms. The maximum Gasteiger partial charge on any atom is 0.416 e. The van der Waals surface area contributed by atoms with Crippen LogP contribution in [0, 0.1) is 0 Å². The number of amides is 1. The maximum absolute atomic E-state index is 12.8. The van der Waals surface area contributed by atoms with E-state index < -0.39 is 27.7 Å². The van der Waals surface area contributed by atoms with Crippen LogP contribution in [0.2, 0.25) is 0 Å². The quantitative estimate of drug-likeness (QED) is 0.523. The van der Waals surface area contributed by atoms with Gasteiger partial charge in [-0.2, -0.15) is 13.2 Å². The summed E-state index contributed by atoms with van der Waals surface area (Å²) in [5, 5.41) is 12.4. The molecule has 1 heterocycles. The molecule has 3 aromatic rings. The first-order chi connectivity index (χ1) is 14.0. The SMILES string of the molecule is NS(=O)(=O)c1ccc(NC(=O)Cc2csc(Nc3cccc(C(F)(F)F)c3)n2)cc1. The number of primary sulfonamides is 1. The van der Waals surface area contributed by atoms with E-state index in [0.717, 1.165) is 23.5 Å². The lowest BCUT2D eigenvalue weighted by atomic mass is 10.2. The number of hydrogen-bond acceptors (Lipinski definition) is 6. The summed E-state index contributed by atoms with van der Waals surface area (Å²) in [6.45, 7) is 0. The highest BCUT2D eigenvalue weighted by molar-refractivity contribution is 7.89. The normalized spacial score (nSPS) is 11.9. The molecule has 7 nitrogen and oxygen atoms in total. The van der Waals surface area contributed by atoms with Crippen molar-refractivity contribution in [2.24, 2.45) is 5.14 Å². The molecule has 2 aromatic carbocycles. The van der Waals surface area contributed by atoms with Gasteiger partial charge in [-0.15, -0.1) is 11.3 Å². The van der Waals surface area contributed by atoms with Crippen LogP contribution in [0.25, 0.3) is 0 Å². The van der Waals surface area contributed by atoms with Gasteiger partial charge in [-0.1, -0.05) is 6.07 Å². The molecule has 3 rings (SSSR count). The number of thiazole rings is 1. The highest BCUT2D eigenvalue weighted by Gasteiger charge is 2.30. The molecule has 0 saturated carbocycles. The molecule has 1 amide bonds. The minimum atomic E-state index is -4.45. The predicted octanol–water partition coefficient (Wildman–Crippen LogP) is 3.73. The fraction of sp³-hybridized carbons (Fsp3) is 0.111. The number of alkyl halides is 3. The largest absolute Gasteiger partial charge is 0.416 e. The summed E-state index contributed by atoms with van der Waals surface area (Å²) in [6, 6.07) is 10.0. The number of rotatable bonds is 6. The zero-order valence-corrected chi connectivity index (χ0v) is 16.7. The Labute approximate surface area is 173 Å². The molecule has 0 aliphatic carbocycles. The van der Waals surface area contributed by atoms with Crippen LogP contribution < -0.4 is 15.8 Å². The summed E-state index contributed by atoms with van der Waals surface area (Å²) < 4.78 is 60.8. The molecule has 0 spiro atoms. The number of carbonyl (C=O) groups is 1. The van der Waals surface area contributed by atoms with Crippen molar-refractivity contribution in [1.82, 2.24) is 4.98 Å². The second-order valence-corrected chi connectivity index (χ2v) is 8.56. The van der Waals surface area contributed by atoms with E-state index in [2.05, 4.69) is 15.6 Å². The number of anilines is 3. The van der Waals surface area contributed by atoms with Crippen molar-refractivity contribution in [1.29, 1.82) is 0 Å². The molecular weight excluding hydrogens is 441 g/mol. The fourth-order valence-electron chi connectivity index (χ4n) is 2.44. The van der Waals surface area contributed by atoms with Gasteiger partial charge < -0.3 is 10.6 Å². The lowest BCUT2D eigenvalue weighted by Crippen LogP contribution is -2.15. The van der Waals surface area contributed by atoms with E-state index in [9.17, 15) is 26.4 Å². The van der Waals surface area contributed by atoms with Gasteiger partial charge in [0.25, 0.3) is 0 Å². The van der Waals surface area contributed by atoms with Crippen LogP contribution in [0.4, 0.5) is 29.7 Å². The maximum atomic E-state index is 12.8. The lowest BCUT2D eigenvalue weighted by Gasteiger charge is -2.09. The molecule has 0 fully saturated rings. The van der Waals surface area contributed by atoms with Gasteiger partial charge in [-0.05, 0) is 42.5 Å². The van der Waals surface area contributed by atoms with E-state index in [1.54, 1.807) is 5.38 Å². The number of nitrogens with zero attached hydrogens (tertiary/aromatic N) is 1. The van der Waals surface area contributed by atoms with Gasteiger partial charge in [0.2, 0.25) is 15.9 Å². The van der Waals surface area contributed by atoms with Gasteiger partial charge in [0, 0.05) is 16.8 Å². The van der Waals surface area contributed by atoms with Gasteiger partial charge in [-0.3, -0.25) is 4.79 Å². The number of hydrogen-bond donors (Lipinski definition) is 3. The molecule has 12 heteroatoms. The van der Waals surface area contributed by atoms with Gasteiger partial charge >= 0.3 is 6.18 Å². The molecule has 1 aromatic heterocycles. The molecule has 0 atom stereocenters. The van der Waals surface area contributed by atoms with Gasteiger partial charge in [-0.25, -0.2) is 18.5 Å². The zero-order chi connectivity index (χ0) is 21.9. The number of benzene rings is 2. The molecule has 158 valence electrons. The van der Waals surface area contributed by atoms with Gasteiger partial charge in [0.1, 0.15) is 0 Å². The van der Waals surface area contributed by atoms with E-state index in [-0.39, 0.29) is 17.0 Å². The summed E-state index contributed by atoms with van der Waals surface area (Å²) in [7, 11) is -3.82. The first-order valence-corrected chi connectivity index (χ1v) is 10.7. The first kappa shape index (κ1) is 21.7. The average molecular weight is 456 g/mol. The number of aromatic nitrogens is 1. The highest BCUT2D eigenvalue weighted by Crippen LogP contribution is 2.31. The summed E-state index contributed by atoms with van der Waals surface area (Å²) >= 11 is 1.15. The molecule has 0 saturated heterocycles. The van der Waals surface area contributed by atoms with Crippen molar-refractivity contribution >= 4 is 43.8 Å². The van der Waals surface area contributed by atoms with Crippen LogP contribution in [0.5, 0.6) is 0 Å². The van der Waals surface area contributed by atoms with Gasteiger partial charge in [0.05, 0.1) is 22.6 Å². The Morgan fingerprint density at radius 2 is 1.80 bits per heavy atom. The topological polar surface area (TPSA) is 114 Å². The number of sulfonamides is 1. The molecule has 0 bridgehead atoms. The zero-order valence-electron chi connectivity index (χ0n) is 15.1. The number of carbonyl (C=O) groups excluding carboxylic acids is 1. The third-order valence-corrected chi connectivity index (χ3v) is 5.54. The van der Waals surface area contributed by atoms with Crippen LogP contribution in [-0.2, 0) is 27.4 Å². The van der Waals surface area contributed by atoms with Gasteiger partial charge in [0.15, 0.2) is 5.13 Å². The number of halogens is 3. The van der Waals surface area contributed by atoms with E-state index in [1.807, 2.05) is 0 Å². The second-order valence-electron chi connectivity index (χ2n) is 6.14. The highest BCUT2D eigenvalue weighted by atomic mass is 32.2. The summed E-state index contributed by atoms with van der Waals surface area (Å²) in [5.41, 5.74) is 0.250. The van der Waals surface area contributed by atoms with E-state index >= 15 is 0 Å². The van der Waals surface area contributed by atoms with Crippen LogP contribution in [0.15, 0.2) is 58.8 Å². The van der Waals surface area contributed by atoms with Crippen molar-refractivity contribution in [2.45, 2.75) is 17.5 Å². The second kappa shape index (κ2) is 8.42. The molecule has 4 N–H and O–H groups in total. The summed E-state index contributed by atoms with van der Waals surface area (Å²) in [5.74, 6) is -0.394. The van der Waals surface area contributed by atoms with E-state index in [1.165, 1.54) is 36.4 Å². The van der Waals surface area contributed by atoms with Crippen LogP contribution in [0.3, 0.4) is 0 Å². The Morgan fingerprint density at radius 3 is 2.43 bits per heavy atom. The molecule has 0 aliphatic heterocycles. The van der Waals surface area contributed by atoms with Crippen LogP contribution in [-0.4, -0.2) is 19.3 Å². The van der Waals surface area contributed by atoms with Crippen molar-refractivity contribution in [2.75, 3.05) is 10.6 Å². The monoisotopic (exact) mass is 456 g/mol. The Kier molecular flexibility index (Phi) is 6.10. The fourth-order valence-corrected chi connectivity index (χ4v) is 3.69. The van der Waals surface area contributed by atoms with Crippen molar-refractivity contribution in [3.8, 4) is 0 Å². The summed E-state index contributed by atoms with van der Waals surface area (Å²) in [6.07, 6.45) is -4.52. The van der Waals surface area contributed by atoms with Crippen LogP contribution in [0.1, 0.15) is 11.3 Å². The molecule has 0 radical (unpaired) electrons. The van der Waals surface area contributed by atoms with Crippen LogP contribution >= 0.6 is 11.3 Å². The Balaban J connectivity index is 1.61. The minimum Gasteiger partial charge on any atom is -0.332 e. The molecule has 0 unspecified atom stereocenters. The number of nitrogens with one attached hydrogen (secondary N) is 2. The predicted molar refractivity (Wildman–Crippen MR) is 107 cm³/mol. The van der Waals surface area contributed by atoms with Crippen molar-refractivity contribution in [3.05, 3.63) is 65.2 Å². The first-order valence-electron chi connectivity index (χ1n) is 8.32. The molecule has 0 aliphatic rings. The Hall–Kier alpha value is -2.96. The average Bonchev–Trinajstić information content (AvgIpc) is 3.07. The standard InChI is InChI=1S/C18H15F3N4O3S2/c19-18(20,21)11-2-1-3-13(8-11)24-17-25-14(10-29-17)9-16(26)23-12-4-6-15(7-5-12)30(22,27)28/h1-8,10H,9H2,(H,23,26)(H,24,25)(H2,22,27,28). The molecular formula is C18H15F3N4O3S2. The number of nitrogens with two attached hydrogens (primary N) is 1. The summed E-state index contributed by atoms with van der Waals surface area (Å²) in [4.78, 5) is 16.3. The van der Waals surface area contributed by atoms with Crippen molar-refractivity contribution < 1.29 is 26.4 Å². The third-order valence-electron chi connectivity index (χ3n) is 3.80. The van der Waals surface area contributed by atoms with E-state index in [0.29, 0.717) is 16.5 Å². The Morgan fingerprint density at radius 1 is 1.10 bits per heavy atom. The smallest absolute Gasteiger partial charge is 0.332 e. The lowest BCUT2D eigenvalue weighted by molar-refractivity contribution is -0.137. The van der Waals surface area contributed by atoms with Crippen molar-refractivity contribution in [3.63, 3.8) is 0 Å². The Bertz CT molecular complexity index is 1160. The minimum absolute atomic E-state index is 0.0717. The van der Waals surface area contributed by atoms with E-state index in [4.69, 9.17) is 5.14 Å². The third kappa shape index (κ3) is 5.78.